The lowest BCUT2D eigenvalue weighted by atomic mass is 10.1. The van der Waals surface area contributed by atoms with Crippen LogP contribution in [0.2, 0.25) is 0 Å². The highest BCUT2D eigenvalue weighted by atomic mass is 15.3. The molecule has 0 spiro atoms. The van der Waals surface area contributed by atoms with Crippen molar-refractivity contribution in [2.75, 3.05) is 6.54 Å². The molecule has 1 heterocycles. The number of benzene rings is 1. The predicted molar refractivity (Wildman–Crippen MR) is 60.2 cm³/mol. The van der Waals surface area contributed by atoms with Crippen molar-refractivity contribution in [2.45, 2.75) is 32.4 Å². The first-order chi connectivity index (χ1) is 7.29. The Hall–Kier alpha value is -1.33. The molecule has 0 amide bonds. The smallest absolute Gasteiger partial charge is 0.0622 e. The zero-order valence-electron chi connectivity index (χ0n) is 9.11. The van der Waals surface area contributed by atoms with E-state index in [9.17, 15) is 0 Å². The van der Waals surface area contributed by atoms with Gasteiger partial charge in [-0.15, -0.1) is 0 Å². The molecule has 1 aliphatic heterocycles. The van der Waals surface area contributed by atoms with Gasteiger partial charge in [0.1, 0.15) is 0 Å². The van der Waals surface area contributed by atoms with Crippen LogP contribution >= 0.6 is 0 Å². The van der Waals surface area contributed by atoms with Gasteiger partial charge in [-0.25, -0.2) is 0 Å². The number of hydrogen-bond acceptors (Lipinski definition) is 2. The Morgan fingerprint density at radius 1 is 1.40 bits per heavy atom. The minimum atomic E-state index is 0.658. The van der Waals surface area contributed by atoms with E-state index in [1.54, 1.807) is 0 Å². The van der Waals surface area contributed by atoms with E-state index in [2.05, 4.69) is 42.2 Å². The molecule has 15 heavy (non-hydrogen) atoms. The number of aryl methyl sites for hydroxylation is 1. The lowest BCUT2D eigenvalue weighted by molar-refractivity contribution is 0.489. The lowest BCUT2D eigenvalue weighted by Crippen LogP contribution is -2.01. The first kappa shape index (κ1) is 10.2. The highest BCUT2D eigenvalue weighted by molar-refractivity contribution is 5.21. The number of nitriles is 1. The summed E-state index contributed by atoms with van der Waals surface area (Å²) in [5.74, 6) is 0. The largest absolute Gasteiger partial charge is 0.293 e. The molecule has 0 N–H and O–H groups in total. The Kier molecular flexibility index (Phi) is 3.03. The molecule has 0 aromatic heterocycles. The summed E-state index contributed by atoms with van der Waals surface area (Å²) < 4.78 is 0. The Bertz CT molecular complexity index is 361. The molecular formula is C13H16N2. The SMILES string of the molecule is Cc1ccc(CN2CC2CCC#N)cc1. The number of rotatable bonds is 4. The average Bonchev–Trinajstić information content (AvgIpc) is 2.97. The van der Waals surface area contributed by atoms with Crippen LogP contribution in [0, 0.1) is 18.3 Å². The van der Waals surface area contributed by atoms with Crippen molar-refractivity contribution in [2.24, 2.45) is 0 Å². The first-order valence-corrected chi connectivity index (χ1v) is 5.46. The molecule has 2 rings (SSSR count). The van der Waals surface area contributed by atoms with Crippen LogP contribution in [0.4, 0.5) is 0 Å². The molecule has 1 fully saturated rings. The van der Waals surface area contributed by atoms with Crippen molar-refractivity contribution in [3.8, 4) is 6.07 Å². The standard InChI is InChI=1S/C13H16N2/c1-11-4-6-12(7-5-11)9-15-10-13(15)3-2-8-14/h4-7,13H,2-3,9-10H2,1H3. The first-order valence-electron chi connectivity index (χ1n) is 5.46. The summed E-state index contributed by atoms with van der Waals surface area (Å²) in [4.78, 5) is 2.42. The van der Waals surface area contributed by atoms with Crippen molar-refractivity contribution in [3.05, 3.63) is 35.4 Å². The zero-order chi connectivity index (χ0) is 10.7. The van der Waals surface area contributed by atoms with E-state index in [1.807, 2.05) is 0 Å². The minimum absolute atomic E-state index is 0.658. The topological polar surface area (TPSA) is 26.8 Å². The molecule has 0 aliphatic carbocycles. The van der Waals surface area contributed by atoms with E-state index in [0.717, 1.165) is 19.5 Å². The van der Waals surface area contributed by atoms with Crippen LogP contribution in [-0.4, -0.2) is 17.5 Å². The van der Waals surface area contributed by atoms with E-state index >= 15 is 0 Å². The van der Waals surface area contributed by atoms with Crippen molar-refractivity contribution < 1.29 is 0 Å². The Labute approximate surface area is 91.1 Å². The Balaban J connectivity index is 1.80. The summed E-state index contributed by atoms with van der Waals surface area (Å²) >= 11 is 0. The minimum Gasteiger partial charge on any atom is -0.293 e. The molecule has 1 aromatic rings. The molecule has 0 bridgehead atoms. The monoisotopic (exact) mass is 200 g/mol. The van der Waals surface area contributed by atoms with Crippen LogP contribution in [0.25, 0.3) is 0 Å². The van der Waals surface area contributed by atoms with E-state index in [-0.39, 0.29) is 0 Å². The molecule has 0 radical (unpaired) electrons. The van der Waals surface area contributed by atoms with Crippen LogP contribution in [0.3, 0.4) is 0 Å². The molecular weight excluding hydrogens is 184 g/mol. The quantitative estimate of drug-likeness (QED) is 0.698. The van der Waals surface area contributed by atoms with Crippen molar-refractivity contribution >= 4 is 0 Å². The Morgan fingerprint density at radius 3 is 2.80 bits per heavy atom. The van der Waals surface area contributed by atoms with E-state index < -0.39 is 0 Å². The van der Waals surface area contributed by atoms with E-state index in [4.69, 9.17) is 5.26 Å². The Morgan fingerprint density at radius 2 is 2.13 bits per heavy atom. The van der Waals surface area contributed by atoms with Gasteiger partial charge >= 0.3 is 0 Å². The average molecular weight is 200 g/mol. The zero-order valence-corrected chi connectivity index (χ0v) is 9.11. The fraction of sp³-hybridized carbons (Fsp3) is 0.462. The van der Waals surface area contributed by atoms with Gasteiger partial charge in [0, 0.05) is 25.6 Å². The van der Waals surface area contributed by atoms with Crippen LogP contribution in [0.15, 0.2) is 24.3 Å². The molecule has 1 saturated heterocycles. The van der Waals surface area contributed by atoms with Gasteiger partial charge in [0.25, 0.3) is 0 Å². The molecule has 2 heteroatoms. The summed E-state index contributed by atoms with van der Waals surface area (Å²) in [6.07, 6.45) is 1.72. The van der Waals surface area contributed by atoms with Crippen molar-refractivity contribution in [1.29, 1.82) is 5.26 Å². The predicted octanol–water partition coefficient (Wildman–Crippen LogP) is 2.48. The van der Waals surface area contributed by atoms with Gasteiger partial charge in [-0.1, -0.05) is 29.8 Å². The second kappa shape index (κ2) is 4.46. The van der Waals surface area contributed by atoms with E-state index in [1.165, 1.54) is 11.1 Å². The van der Waals surface area contributed by atoms with Gasteiger partial charge in [-0.05, 0) is 18.9 Å². The normalized spacial score (nSPS) is 23.5. The van der Waals surface area contributed by atoms with Gasteiger partial charge in [-0.3, -0.25) is 4.90 Å². The van der Waals surface area contributed by atoms with Crippen LogP contribution in [0.5, 0.6) is 0 Å². The summed E-state index contributed by atoms with van der Waals surface area (Å²) in [5, 5.41) is 8.48. The summed E-state index contributed by atoms with van der Waals surface area (Å²) in [7, 11) is 0. The summed E-state index contributed by atoms with van der Waals surface area (Å²) in [6.45, 7) is 4.31. The molecule has 1 aliphatic rings. The summed E-state index contributed by atoms with van der Waals surface area (Å²) in [6, 6.07) is 11.6. The van der Waals surface area contributed by atoms with Crippen molar-refractivity contribution in [1.82, 2.24) is 4.90 Å². The lowest BCUT2D eigenvalue weighted by Gasteiger charge is -2.03. The molecule has 2 unspecified atom stereocenters. The van der Waals surface area contributed by atoms with Gasteiger partial charge in [0.2, 0.25) is 0 Å². The maximum absolute atomic E-state index is 8.48. The van der Waals surface area contributed by atoms with Crippen LogP contribution in [0.1, 0.15) is 24.0 Å². The molecule has 1 aromatic carbocycles. The molecule has 0 saturated carbocycles. The highest BCUT2D eigenvalue weighted by Crippen LogP contribution is 2.24. The number of nitrogens with zero attached hydrogens (tertiary/aromatic N) is 2. The third-order valence-corrected chi connectivity index (χ3v) is 2.92. The van der Waals surface area contributed by atoms with Gasteiger partial charge in [0.15, 0.2) is 0 Å². The second-order valence-corrected chi connectivity index (χ2v) is 4.27. The van der Waals surface area contributed by atoms with Crippen LogP contribution < -0.4 is 0 Å². The van der Waals surface area contributed by atoms with Gasteiger partial charge < -0.3 is 0 Å². The maximum atomic E-state index is 8.48. The molecule has 2 nitrogen and oxygen atoms in total. The third kappa shape index (κ3) is 2.81. The highest BCUT2D eigenvalue weighted by Gasteiger charge is 2.32. The van der Waals surface area contributed by atoms with Gasteiger partial charge in [0.05, 0.1) is 6.07 Å². The third-order valence-electron chi connectivity index (χ3n) is 2.92. The summed E-state index contributed by atoms with van der Waals surface area (Å²) in [5.41, 5.74) is 2.69. The molecule has 78 valence electrons. The van der Waals surface area contributed by atoms with E-state index in [0.29, 0.717) is 12.5 Å². The van der Waals surface area contributed by atoms with Crippen molar-refractivity contribution in [3.63, 3.8) is 0 Å². The van der Waals surface area contributed by atoms with Gasteiger partial charge in [-0.2, -0.15) is 5.26 Å². The fourth-order valence-electron chi connectivity index (χ4n) is 1.85. The number of hydrogen-bond donors (Lipinski definition) is 0. The maximum Gasteiger partial charge on any atom is 0.0622 e. The fourth-order valence-corrected chi connectivity index (χ4v) is 1.85. The second-order valence-electron chi connectivity index (χ2n) is 4.27. The molecule has 2 atom stereocenters. The van der Waals surface area contributed by atoms with Crippen LogP contribution in [-0.2, 0) is 6.54 Å².